The van der Waals surface area contributed by atoms with Gasteiger partial charge in [-0.3, -0.25) is 9.98 Å². The average Bonchev–Trinajstić information content (AvgIpc) is 2.53. The number of benzene rings is 1. The maximum Gasteiger partial charge on any atom is 0.294 e. The third-order valence-electron chi connectivity index (χ3n) is 2.68. The maximum absolute atomic E-state index is 7.63. The number of hydrogen-bond donors (Lipinski definition) is 2. The van der Waals surface area contributed by atoms with Gasteiger partial charge in [0.1, 0.15) is 5.76 Å². The number of hydrogen-bond acceptors (Lipinski definition) is 3. The largest absolute Gasteiger partial charge is 0.429 e. The van der Waals surface area contributed by atoms with E-state index in [2.05, 4.69) is 0 Å². The van der Waals surface area contributed by atoms with E-state index in [0.717, 1.165) is 22.6 Å². The van der Waals surface area contributed by atoms with Crippen molar-refractivity contribution in [1.29, 1.82) is 5.41 Å². The van der Waals surface area contributed by atoms with Crippen LogP contribution in [0.1, 0.15) is 16.9 Å². The summed E-state index contributed by atoms with van der Waals surface area (Å²) in [6.07, 6.45) is 1.82. The fourth-order valence-corrected chi connectivity index (χ4v) is 1.69. The Bertz CT molecular complexity index is 566. The molecule has 84 valence electrons. The number of aryl methyl sites for hydroxylation is 1. The molecule has 0 radical (unpaired) electrons. The molecule has 0 bridgehead atoms. The molecular weight excluding hydrogens is 202 g/mol. The molecule has 2 aromatic rings. The molecule has 0 saturated carbocycles. The Morgan fingerprint density at radius 2 is 2.12 bits per heavy atom. The SMILES string of the molecule is Cc1cn(Cc2cccc(N)c2C)c(=N)o1. The van der Waals surface area contributed by atoms with E-state index in [9.17, 15) is 0 Å². The number of nitrogens with one attached hydrogen (secondary N) is 1. The molecule has 4 heteroatoms. The van der Waals surface area contributed by atoms with E-state index >= 15 is 0 Å². The molecular formula is C12H15N3O. The van der Waals surface area contributed by atoms with Crippen LogP contribution in [0.5, 0.6) is 0 Å². The summed E-state index contributed by atoms with van der Waals surface area (Å²) in [4.78, 5) is 0. The number of anilines is 1. The summed E-state index contributed by atoms with van der Waals surface area (Å²) >= 11 is 0. The summed E-state index contributed by atoms with van der Waals surface area (Å²) in [6.45, 7) is 4.44. The number of nitrogens with zero attached hydrogens (tertiary/aromatic N) is 1. The van der Waals surface area contributed by atoms with E-state index in [1.54, 1.807) is 4.57 Å². The Kier molecular flexibility index (Phi) is 2.56. The lowest BCUT2D eigenvalue weighted by Crippen LogP contribution is -2.15. The van der Waals surface area contributed by atoms with Gasteiger partial charge in [0.25, 0.3) is 5.68 Å². The van der Waals surface area contributed by atoms with E-state index in [1.165, 1.54) is 0 Å². The summed E-state index contributed by atoms with van der Waals surface area (Å²) in [5.41, 5.74) is 8.96. The van der Waals surface area contributed by atoms with Crippen LogP contribution in [0.4, 0.5) is 5.69 Å². The fourth-order valence-electron chi connectivity index (χ4n) is 1.69. The third-order valence-corrected chi connectivity index (χ3v) is 2.68. The van der Waals surface area contributed by atoms with Gasteiger partial charge in [-0.1, -0.05) is 12.1 Å². The molecule has 2 rings (SSSR count). The van der Waals surface area contributed by atoms with Gasteiger partial charge in [-0.15, -0.1) is 0 Å². The third kappa shape index (κ3) is 1.86. The second kappa shape index (κ2) is 3.89. The Balaban J connectivity index is 2.38. The highest BCUT2D eigenvalue weighted by atomic mass is 16.4. The minimum atomic E-state index is 0.166. The summed E-state index contributed by atoms with van der Waals surface area (Å²) < 4.78 is 6.92. The normalized spacial score (nSPS) is 10.6. The van der Waals surface area contributed by atoms with Crippen LogP contribution < -0.4 is 11.4 Å². The zero-order valence-electron chi connectivity index (χ0n) is 9.45. The van der Waals surface area contributed by atoms with Gasteiger partial charge in [0.2, 0.25) is 0 Å². The number of oxazole rings is 1. The van der Waals surface area contributed by atoms with Gasteiger partial charge >= 0.3 is 0 Å². The molecule has 0 aliphatic rings. The first-order valence-electron chi connectivity index (χ1n) is 5.13. The number of nitrogen functional groups attached to an aromatic ring is 1. The highest BCUT2D eigenvalue weighted by molar-refractivity contribution is 5.49. The molecule has 1 heterocycles. The van der Waals surface area contributed by atoms with Crippen molar-refractivity contribution in [3.8, 4) is 0 Å². The zero-order valence-corrected chi connectivity index (χ0v) is 9.45. The van der Waals surface area contributed by atoms with Crippen LogP contribution in [0.3, 0.4) is 0 Å². The average molecular weight is 217 g/mol. The second-order valence-corrected chi connectivity index (χ2v) is 3.91. The lowest BCUT2D eigenvalue weighted by Gasteiger charge is -2.08. The van der Waals surface area contributed by atoms with Crippen LogP contribution in [-0.2, 0) is 6.54 Å². The molecule has 0 saturated heterocycles. The van der Waals surface area contributed by atoms with Crippen LogP contribution in [0.25, 0.3) is 0 Å². The van der Waals surface area contributed by atoms with Gasteiger partial charge in [0, 0.05) is 11.9 Å². The molecule has 0 fully saturated rings. The van der Waals surface area contributed by atoms with E-state index in [1.807, 2.05) is 38.2 Å². The summed E-state index contributed by atoms with van der Waals surface area (Å²) in [5, 5.41) is 7.63. The smallest absolute Gasteiger partial charge is 0.294 e. The van der Waals surface area contributed by atoms with Gasteiger partial charge in [-0.2, -0.15) is 0 Å². The first-order chi connectivity index (χ1) is 7.58. The van der Waals surface area contributed by atoms with Crippen molar-refractivity contribution < 1.29 is 4.42 Å². The molecule has 0 amide bonds. The quantitative estimate of drug-likeness (QED) is 0.753. The minimum absolute atomic E-state index is 0.166. The Labute approximate surface area is 93.8 Å². The molecule has 1 aromatic heterocycles. The topological polar surface area (TPSA) is 67.9 Å². The van der Waals surface area contributed by atoms with Crippen LogP contribution in [0.15, 0.2) is 28.8 Å². The Hall–Kier alpha value is -1.97. The number of nitrogens with two attached hydrogens (primary N) is 1. The Morgan fingerprint density at radius 1 is 1.38 bits per heavy atom. The lowest BCUT2D eigenvalue weighted by atomic mass is 10.1. The van der Waals surface area contributed by atoms with Crippen molar-refractivity contribution in [2.24, 2.45) is 0 Å². The molecule has 16 heavy (non-hydrogen) atoms. The van der Waals surface area contributed by atoms with Crippen molar-refractivity contribution in [3.05, 3.63) is 47.0 Å². The van der Waals surface area contributed by atoms with Crippen molar-refractivity contribution in [2.45, 2.75) is 20.4 Å². The first-order valence-corrected chi connectivity index (χ1v) is 5.13. The predicted octanol–water partition coefficient (Wildman–Crippen LogP) is 1.81. The van der Waals surface area contributed by atoms with E-state index < -0.39 is 0 Å². The predicted molar refractivity (Wildman–Crippen MR) is 62.0 cm³/mol. The molecule has 4 nitrogen and oxygen atoms in total. The van der Waals surface area contributed by atoms with Crippen LogP contribution in [-0.4, -0.2) is 4.57 Å². The van der Waals surface area contributed by atoms with Crippen molar-refractivity contribution in [3.63, 3.8) is 0 Å². The molecule has 0 atom stereocenters. The van der Waals surface area contributed by atoms with Crippen molar-refractivity contribution in [1.82, 2.24) is 4.57 Å². The van der Waals surface area contributed by atoms with Crippen LogP contribution in [0, 0.1) is 19.3 Å². The zero-order chi connectivity index (χ0) is 11.7. The van der Waals surface area contributed by atoms with E-state index in [-0.39, 0.29) is 5.68 Å². The standard InChI is InChI=1S/C12H15N3O/c1-8-6-15(12(14)16-8)7-10-4-3-5-11(13)9(10)2/h3-6,14H,7,13H2,1-2H3. The van der Waals surface area contributed by atoms with Crippen molar-refractivity contribution >= 4 is 5.69 Å². The monoisotopic (exact) mass is 217 g/mol. The molecule has 0 aliphatic carbocycles. The van der Waals surface area contributed by atoms with Gasteiger partial charge in [-0.25, -0.2) is 0 Å². The number of aromatic nitrogens is 1. The fraction of sp³-hybridized carbons (Fsp3) is 0.250. The van der Waals surface area contributed by atoms with E-state index in [4.69, 9.17) is 15.6 Å². The molecule has 0 unspecified atom stereocenters. The maximum atomic E-state index is 7.63. The van der Waals surface area contributed by atoms with Gasteiger partial charge in [0.15, 0.2) is 0 Å². The van der Waals surface area contributed by atoms with Crippen molar-refractivity contribution in [2.75, 3.05) is 5.73 Å². The molecule has 0 aliphatic heterocycles. The molecule has 1 aromatic carbocycles. The van der Waals surface area contributed by atoms with Gasteiger partial charge in [-0.05, 0) is 31.0 Å². The highest BCUT2D eigenvalue weighted by Gasteiger charge is 2.04. The van der Waals surface area contributed by atoms with Crippen LogP contribution in [0.2, 0.25) is 0 Å². The summed E-state index contributed by atoms with van der Waals surface area (Å²) in [5.74, 6) is 0.742. The van der Waals surface area contributed by atoms with E-state index in [0.29, 0.717) is 6.54 Å². The first kappa shape index (κ1) is 10.5. The molecule has 3 N–H and O–H groups in total. The van der Waals surface area contributed by atoms with Gasteiger partial charge < -0.3 is 10.2 Å². The summed E-state index contributed by atoms with van der Waals surface area (Å²) in [7, 11) is 0. The van der Waals surface area contributed by atoms with Gasteiger partial charge in [0.05, 0.1) is 6.54 Å². The second-order valence-electron chi connectivity index (χ2n) is 3.91. The number of rotatable bonds is 2. The molecule has 0 spiro atoms. The Morgan fingerprint density at radius 3 is 2.75 bits per heavy atom. The highest BCUT2D eigenvalue weighted by Crippen LogP contribution is 2.16. The summed E-state index contributed by atoms with van der Waals surface area (Å²) in [6, 6.07) is 5.82. The minimum Gasteiger partial charge on any atom is -0.429 e. The lowest BCUT2D eigenvalue weighted by molar-refractivity contribution is 0.439. The van der Waals surface area contributed by atoms with Crippen LogP contribution >= 0.6 is 0 Å².